The monoisotopic (exact) mass is 345 g/mol. The smallest absolute Gasteiger partial charge is 0.387 e. The lowest BCUT2D eigenvalue weighted by Gasteiger charge is -2.31. The van der Waals surface area contributed by atoms with Gasteiger partial charge in [-0.1, -0.05) is 25.5 Å². The molecule has 1 saturated carbocycles. The third-order valence-electron chi connectivity index (χ3n) is 4.37. The first-order chi connectivity index (χ1) is 11.0. The molecule has 0 bridgehead atoms. The van der Waals surface area contributed by atoms with Crippen molar-refractivity contribution in [3.8, 4) is 5.75 Å². The van der Waals surface area contributed by atoms with E-state index in [-0.39, 0.29) is 11.8 Å². The Hall–Kier alpha value is -1.01. The molecule has 0 unspecified atom stereocenters. The summed E-state index contributed by atoms with van der Waals surface area (Å²) in [5, 5.41) is 3.87. The molecule has 130 valence electrons. The van der Waals surface area contributed by atoms with Crippen molar-refractivity contribution in [1.82, 2.24) is 5.32 Å². The largest absolute Gasteiger partial charge is 0.435 e. The zero-order valence-corrected chi connectivity index (χ0v) is 14.5. The number of hydrogen-bond acceptors (Lipinski definition) is 3. The van der Waals surface area contributed by atoms with Crippen LogP contribution in [-0.2, 0) is 10.8 Å². The summed E-state index contributed by atoms with van der Waals surface area (Å²) in [6.45, 7) is 1.23. The second kappa shape index (κ2) is 8.73. The normalized spacial score (nSPS) is 24.4. The average molecular weight is 345 g/mol. The molecule has 3 nitrogen and oxygen atoms in total. The minimum atomic E-state index is -2.80. The number of alkyl halides is 2. The number of hydrogen-bond donors (Lipinski definition) is 1. The van der Waals surface area contributed by atoms with Crippen LogP contribution in [0.2, 0.25) is 0 Å². The van der Waals surface area contributed by atoms with E-state index in [4.69, 9.17) is 0 Å². The lowest BCUT2D eigenvalue weighted by molar-refractivity contribution is -0.0498. The van der Waals surface area contributed by atoms with E-state index in [2.05, 4.69) is 17.0 Å². The molecule has 0 amide bonds. The van der Waals surface area contributed by atoms with Crippen LogP contribution in [0.15, 0.2) is 24.3 Å². The summed E-state index contributed by atoms with van der Waals surface area (Å²) >= 11 is 0. The van der Waals surface area contributed by atoms with Crippen LogP contribution in [0.4, 0.5) is 8.78 Å². The van der Waals surface area contributed by atoms with Crippen LogP contribution in [0.3, 0.4) is 0 Å². The lowest BCUT2D eigenvalue weighted by Crippen LogP contribution is -2.39. The molecule has 23 heavy (non-hydrogen) atoms. The summed E-state index contributed by atoms with van der Waals surface area (Å²) in [4.78, 5) is 0. The Kier molecular flexibility index (Phi) is 6.96. The Morgan fingerprint density at radius 2 is 2.00 bits per heavy atom. The van der Waals surface area contributed by atoms with E-state index >= 15 is 0 Å². The van der Waals surface area contributed by atoms with Crippen molar-refractivity contribution < 1.29 is 17.7 Å². The Bertz CT molecular complexity index is 510. The molecule has 1 N–H and O–H groups in total. The van der Waals surface area contributed by atoms with Crippen molar-refractivity contribution in [1.29, 1.82) is 0 Å². The van der Waals surface area contributed by atoms with Gasteiger partial charge in [0.2, 0.25) is 0 Å². The van der Waals surface area contributed by atoms with Crippen LogP contribution in [0.1, 0.15) is 51.1 Å². The van der Waals surface area contributed by atoms with Gasteiger partial charge in [0.15, 0.2) is 0 Å². The maximum Gasteiger partial charge on any atom is 0.387 e. The van der Waals surface area contributed by atoms with E-state index in [1.54, 1.807) is 24.3 Å². The molecule has 1 aliphatic rings. The summed E-state index contributed by atoms with van der Waals surface area (Å²) in [6.07, 6.45) is 4.18. The molecule has 1 fully saturated rings. The molecule has 0 heterocycles. The highest BCUT2D eigenvalue weighted by Crippen LogP contribution is 2.26. The quantitative estimate of drug-likeness (QED) is 0.811. The fraction of sp³-hybridized carbons (Fsp3) is 0.647. The van der Waals surface area contributed by atoms with Gasteiger partial charge in [-0.3, -0.25) is 4.21 Å². The number of halogens is 2. The van der Waals surface area contributed by atoms with Crippen molar-refractivity contribution >= 4 is 10.8 Å². The number of rotatable bonds is 7. The number of benzene rings is 1. The second-order valence-corrected chi connectivity index (χ2v) is 8.00. The predicted octanol–water partition coefficient (Wildman–Crippen LogP) is 4.02. The third-order valence-corrected chi connectivity index (χ3v) is 6.11. The second-order valence-electron chi connectivity index (χ2n) is 5.99. The molecule has 0 aromatic heterocycles. The van der Waals surface area contributed by atoms with Gasteiger partial charge >= 0.3 is 6.61 Å². The molecule has 1 aliphatic carbocycles. The SMILES string of the molecule is CC[S@@](=O)[C@@H]1CCC[C@H](N[C@H](C)c2ccc(OC(F)F)cc2)C1. The topological polar surface area (TPSA) is 38.3 Å². The zero-order chi connectivity index (χ0) is 16.8. The van der Waals surface area contributed by atoms with E-state index in [9.17, 15) is 13.0 Å². The molecule has 1 aromatic rings. The van der Waals surface area contributed by atoms with E-state index in [0.29, 0.717) is 11.3 Å². The first kappa shape index (κ1) is 18.3. The van der Waals surface area contributed by atoms with Crippen LogP contribution in [-0.4, -0.2) is 27.9 Å². The van der Waals surface area contributed by atoms with Gasteiger partial charge in [-0.2, -0.15) is 8.78 Å². The molecule has 2 rings (SSSR count). The molecule has 0 spiro atoms. The van der Waals surface area contributed by atoms with Crippen molar-refractivity contribution in [3.63, 3.8) is 0 Å². The number of ether oxygens (including phenoxy) is 1. The Morgan fingerprint density at radius 3 is 2.61 bits per heavy atom. The Morgan fingerprint density at radius 1 is 1.30 bits per heavy atom. The minimum Gasteiger partial charge on any atom is -0.435 e. The standard InChI is InChI=1S/C17H25F2NO2S/c1-3-23(21)16-6-4-5-14(11-16)20-12(2)13-7-9-15(10-8-13)22-17(18)19/h7-10,12,14,16-17,20H,3-6,11H2,1-2H3/t12-,14+,16-,23-/m1/s1. The van der Waals surface area contributed by atoms with Gasteiger partial charge in [-0.15, -0.1) is 0 Å². The van der Waals surface area contributed by atoms with Gasteiger partial charge < -0.3 is 10.1 Å². The molecule has 1 aromatic carbocycles. The highest BCUT2D eigenvalue weighted by Gasteiger charge is 2.26. The minimum absolute atomic E-state index is 0.120. The van der Waals surface area contributed by atoms with Crippen molar-refractivity contribution in [2.45, 2.75) is 63.5 Å². The van der Waals surface area contributed by atoms with E-state index < -0.39 is 17.4 Å². The van der Waals surface area contributed by atoms with E-state index in [0.717, 1.165) is 37.0 Å². The highest BCUT2D eigenvalue weighted by molar-refractivity contribution is 7.85. The summed E-state index contributed by atoms with van der Waals surface area (Å²) < 4.78 is 40.7. The molecule has 0 saturated heterocycles. The van der Waals surface area contributed by atoms with Crippen molar-refractivity contribution in [2.24, 2.45) is 0 Å². The first-order valence-corrected chi connectivity index (χ1v) is 9.55. The molecule has 0 aliphatic heterocycles. The van der Waals surface area contributed by atoms with Gasteiger partial charge in [0, 0.05) is 33.9 Å². The summed E-state index contributed by atoms with van der Waals surface area (Å²) in [7, 11) is -0.730. The first-order valence-electron chi connectivity index (χ1n) is 8.17. The zero-order valence-electron chi connectivity index (χ0n) is 13.6. The summed E-state index contributed by atoms with van der Waals surface area (Å²) in [6, 6.07) is 7.22. The van der Waals surface area contributed by atoms with Crippen molar-refractivity contribution in [3.05, 3.63) is 29.8 Å². The Labute approximate surface area is 139 Å². The van der Waals surface area contributed by atoms with Crippen molar-refractivity contribution in [2.75, 3.05) is 5.75 Å². The van der Waals surface area contributed by atoms with Gasteiger partial charge in [0.25, 0.3) is 0 Å². The third kappa shape index (κ3) is 5.53. The molecule has 6 heteroatoms. The fourth-order valence-electron chi connectivity index (χ4n) is 3.16. The predicted molar refractivity (Wildman–Crippen MR) is 89.4 cm³/mol. The van der Waals surface area contributed by atoms with Gasteiger partial charge in [0.1, 0.15) is 5.75 Å². The van der Waals surface area contributed by atoms with Crippen LogP contribution >= 0.6 is 0 Å². The van der Waals surface area contributed by atoms with Crippen LogP contribution in [0, 0.1) is 0 Å². The molecular weight excluding hydrogens is 320 g/mol. The van der Waals surface area contributed by atoms with Gasteiger partial charge in [-0.25, -0.2) is 0 Å². The van der Waals surface area contributed by atoms with Crippen LogP contribution in [0.5, 0.6) is 5.75 Å². The molecule has 4 atom stereocenters. The maximum atomic E-state index is 12.2. The molecular formula is C17H25F2NO2S. The fourth-order valence-corrected chi connectivity index (χ4v) is 4.51. The highest BCUT2D eigenvalue weighted by atomic mass is 32.2. The van der Waals surface area contributed by atoms with Crippen LogP contribution in [0.25, 0.3) is 0 Å². The summed E-state index contributed by atoms with van der Waals surface area (Å²) in [5.74, 6) is 0.894. The van der Waals surface area contributed by atoms with Gasteiger partial charge in [-0.05, 0) is 43.9 Å². The van der Waals surface area contributed by atoms with Crippen LogP contribution < -0.4 is 10.1 Å². The molecule has 0 radical (unpaired) electrons. The number of nitrogens with one attached hydrogen (secondary N) is 1. The summed E-state index contributed by atoms with van der Waals surface area (Å²) in [5.41, 5.74) is 1.03. The Balaban J connectivity index is 1.90. The van der Waals surface area contributed by atoms with Gasteiger partial charge in [0.05, 0.1) is 0 Å². The van der Waals surface area contributed by atoms with E-state index in [1.165, 1.54) is 0 Å². The average Bonchev–Trinajstić information content (AvgIpc) is 2.54. The van der Waals surface area contributed by atoms with E-state index in [1.807, 2.05) is 6.92 Å². The lowest BCUT2D eigenvalue weighted by atomic mass is 9.93. The maximum absolute atomic E-state index is 12.2.